The van der Waals surface area contributed by atoms with Gasteiger partial charge in [-0.1, -0.05) is 13.8 Å². The average Bonchev–Trinajstić information content (AvgIpc) is 2.71. The largest absolute Gasteiger partial charge is 0.508 e. The Kier molecular flexibility index (Phi) is 2.46. The lowest BCUT2D eigenvalue weighted by molar-refractivity contribution is 0.465. The molecule has 2 aromatic rings. The number of benzene rings is 1. The van der Waals surface area contributed by atoms with Crippen molar-refractivity contribution in [1.29, 1.82) is 0 Å². The second-order valence-corrected chi connectivity index (χ2v) is 3.90. The van der Waals surface area contributed by atoms with Gasteiger partial charge < -0.3 is 5.11 Å². The van der Waals surface area contributed by atoms with E-state index < -0.39 is 0 Å². The lowest BCUT2D eigenvalue weighted by atomic mass is 9.98. The molecule has 15 heavy (non-hydrogen) atoms. The third kappa shape index (κ3) is 1.86. The number of H-pyrrole nitrogens is 1. The lowest BCUT2D eigenvalue weighted by Crippen LogP contribution is -1.89. The molecule has 0 fully saturated rings. The zero-order valence-electron chi connectivity index (χ0n) is 8.86. The van der Waals surface area contributed by atoms with Crippen molar-refractivity contribution in [1.82, 2.24) is 10.2 Å². The molecule has 0 aliphatic heterocycles. The molecule has 0 saturated carbocycles. The second-order valence-electron chi connectivity index (χ2n) is 3.90. The van der Waals surface area contributed by atoms with E-state index in [1.807, 2.05) is 18.2 Å². The predicted molar refractivity (Wildman–Crippen MR) is 59.8 cm³/mol. The monoisotopic (exact) mass is 202 g/mol. The summed E-state index contributed by atoms with van der Waals surface area (Å²) in [5, 5.41) is 16.5. The van der Waals surface area contributed by atoms with E-state index in [4.69, 9.17) is 0 Å². The van der Waals surface area contributed by atoms with Gasteiger partial charge in [-0.15, -0.1) is 0 Å². The highest BCUT2D eigenvalue weighted by Crippen LogP contribution is 2.29. The number of aromatic nitrogens is 2. The number of hydrogen-bond donors (Lipinski definition) is 2. The number of rotatable bonds is 2. The third-order valence-corrected chi connectivity index (χ3v) is 2.46. The first-order valence-corrected chi connectivity index (χ1v) is 5.01. The van der Waals surface area contributed by atoms with Crippen molar-refractivity contribution in [2.75, 3.05) is 0 Å². The van der Waals surface area contributed by atoms with Crippen molar-refractivity contribution >= 4 is 0 Å². The topological polar surface area (TPSA) is 48.9 Å². The summed E-state index contributed by atoms with van der Waals surface area (Å²) in [6.07, 6.45) is 1.72. The molecule has 2 N–H and O–H groups in total. The maximum absolute atomic E-state index is 9.68. The molecule has 3 nitrogen and oxygen atoms in total. The first kappa shape index (κ1) is 9.77. The summed E-state index contributed by atoms with van der Waals surface area (Å²) in [4.78, 5) is 0. The van der Waals surface area contributed by atoms with Crippen LogP contribution in [0.15, 0.2) is 30.5 Å². The van der Waals surface area contributed by atoms with Crippen LogP contribution in [-0.4, -0.2) is 15.3 Å². The van der Waals surface area contributed by atoms with E-state index in [2.05, 4.69) is 24.0 Å². The van der Waals surface area contributed by atoms with Gasteiger partial charge in [0.25, 0.3) is 0 Å². The molecule has 1 aromatic carbocycles. The van der Waals surface area contributed by atoms with E-state index in [0.29, 0.717) is 11.7 Å². The molecule has 2 rings (SSSR count). The Morgan fingerprint density at radius 2 is 2.07 bits per heavy atom. The minimum Gasteiger partial charge on any atom is -0.508 e. The van der Waals surface area contributed by atoms with Gasteiger partial charge in [0.1, 0.15) is 5.75 Å². The van der Waals surface area contributed by atoms with E-state index >= 15 is 0 Å². The summed E-state index contributed by atoms with van der Waals surface area (Å²) in [5.74, 6) is 0.668. The van der Waals surface area contributed by atoms with Gasteiger partial charge in [0, 0.05) is 11.8 Å². The second kappa shape index (κ2) is 3.77. The summed E-state index contributed by atoms with van der Waals surface area (Å²) >= 11 is 0. The average molecular weight is 202 g/mol. The zero-order valence-corrected chi connectivity index (χ0v) is 8.86. The van der Waals surface area contributed by atoms with Crippen LogP contribution in [0.5, 0.6) is 5.75 Å². The van der Waals surface area contributed by atoms with Crippen LogP contribution >= 0.6 is 0 Å². The van der Waals surface area contributed by atoms with Crippen LogP contribution in [0.25, 0.3) is 11.3 Å². The van der Waals surface area contributed by atoms with Crippen molar-refractivity contribution < 1.29 is 5.11 Å². The molecule has 0 aliphatic carbocycles. The molecule has 0 saturated heterocycles. The molecule has 1 heterocycles. The Labute approximate surface area is 88.8 Å². The number of nitrogens with zero attached hydrogens (tertiary/aromatic N) is 1. The summed E-state index contributed by atoms with van der Waals surface area (Å²) in [6.45, 7) is 4.12. The standard InChI is InChI=1S/C12H14N2O/c1-8(2)10-7-9(3-4-12(10)15)11-5-6-13-14-11/h3-8,15H,1-2H3,(H,13,14). The minimum absolute atomic E-state index is 0.313. The molecule has 0 bridgehead atoms. The molecule has 0 aliphatic rings. The quantitative estimate of drug-likeness (QED) is 0.786. The molecular formula is C12H14N2O. The summed E-state index contributed by atoms with van der Waals surface area (Å²) in [5.41, 5.74) is 2.98. The molecule has 0 spiro atoms. The molecule has 0 atom stereocenters. The van der Waals surface area contributed by atoms with Crippen molar-refractivity contribution in [2.24, 2.45) is 0 Å². The van der Waals surface area contributed by atoms with Crippen molar-refractivity contribution in [3.8, 4) is 17.0 Å². The Bertz CT molecular complexity index is 447. The van der Waals surface area contributed by atoms with Crippen molar-refractivity contribution in [3.05, 3.63) is 36.0 Å². The number of aromatic amines is 1. The van der Waals surface area contributed by atoms with Gasteiger partial charge in [-0.25, -0.2) is 0 Å². The maximum Gasteiger partial charge on any atom is 0.119 e. The normalized spacial score (nSPS) is 10.9. The predicted octanol–water partition coefficient (Wildman–Crippen LogP) is 2.91. The molecule has 78 valence electrons. The Morgan fingerprint density at radius 3 is 2.67 bits per heavy atom. The Balaban J connectivity index is 2.48. The first-order valence-electron chi connectivity index (χ1n) is 5.01. The van der Waals surface area contributed by atoms with Crippen LogP contribution in [0.3, 0.4) is 0 Å². The van der Waals surface area contributed by atoms with E-state index in [-0.39, 0.29) is 0 Å². The SMILES string of the molecule is CC(C)c1cc(-c2ccn[nH]2)ccc1O. The molecule has 0 amide bonds. The summed E-state index contributed by atoms with van der Waals surface area (Å²) < 4.78 is 0. The van der Waals surface area contributed by atoms with Crippen LogP contribution in [0.1, 0.15) is 25.3 Å². The zero-order chi connectivity index (χ0) is 10.8. The van der Waals surface area contributed by atoms with Gasteiger partial charge in [-0.2, -0.15) is 5.10 Å². The van der Waals surface area contributed by atoms with Crippen LogP contribution in [-0.2, 0) is 0 Å². The van der Waals surface area contributed by atoms with Gasteiger partial charge in [0.2, 0.25) is 0 Å². The number of nitrogens with one attached hydrogen (secondary N) is 1. The van der Waals surface area contributed by atoms with Gasteiger partial charge in [0.05, 0.1) is 5.69 Å². The number of phenolic OH excluding ortho intramolecular Hbond substituents is 1. The van der Waals surface area contributed by atoms with Gasteiger partial charge >= 0.3 is 0 Å². The smallest absolute Gasteiger partial charge is 0.119 e. The number of aromatic hydroxyl groups is 1. The summed E-state index contributed by atoms with van der Waals surface area (Å²) in [7, 11) is 0. The fraction of sp³-hybridized carbons (Fsp3) is 0.250. The highest BCUT2D eigenvalue weighted by molar-refractivity contribution is 5.61. The van der Waals surface area contributed by atoms with Crippen LogP contribution in [0, 0.1) is 0 Å². The first-order chi connectivity index (χ1) is 7.18. The Hall–Kier alpha value is -1.77. The van der Waals surface area contributed by atoms with Gasteiger partial charge in [-0.05, 0) is 35.7 Å². The number of hydrogen-bond acceptors (Lipinski definition) is 2. The Morgan fingerprint density at radius 1 is 1.27 bits per heavy atom. The molecule has 0 unspecified atom stereocenters. The van der Waals surface area contributed by atoms with E-state index in [1.54, 1.807) is 12.3 Å². The maximum atomic E-state index is 9.68. The van der Waals surface area contributed by atoms with Gasteiger partial charge in [-0.3, -0.25) is 5.10 Å². The highest BCUT2D eigenvalue weighted by atomic mass is 16.3. The van der Waals surface area contributed by atoms with E-state index in [0.717, 1.165) is 16.8 Å². The molecular weight excluding hydrogens is 188 g/mol. The van der Waals surface area contributed by atoms with E-state index in [9.17, 15) is 5.11 Å². The van der Waals surface area contributed by atoms with Crippen molar-refractivity contribution in [3.63, 3.8) is 0 Å². The molecule has 1 aromatic heterocycles. The molecule has 0 radical (unpaired) electrons. The van der Waals surface area contributed by atoms with Crippen molar-refractivity contribution in [2.45, 2.75) is 19.8 Å². The fourth-order valence-electron chi connectivity index (χ4n) is 1.60. The van der Waals surface area contributed by atoms with Crippen LogP contribution in [0.4, 0.5) is 0 Å². The number of phenols is 1. The van der Waals surface area contributed by atoms with Crippen LogP contribution < -0.4 is 0 Å². The highest BCUT2D eigenvalue weighted by Gasteiger charge is 2.08. The lowest BCUT2D eigenvalue weighted by Gasteiger charge is -2.09. The minimum atomic E-state index is 0.313. The fourth-order valence-corrected chi connectivity index (χ4v) is 1.60. The van der Waals surface area contributed by atoms with E-state index in [1.165, 1.54) is 0 Å². The summed E-state index contributed by atoms with van der Waals surface area (Å²) in [6, 6.07) is 7.52. The molecule has 3 heteroatoms. The third-order valence-electron chi connectivity index (χ3n) is 2.46. The van der Waals surface area contributed by atoms with Crippen LogP contribution in [0.2, 0.25) is 0 Å². The van der Waals surface area contributed by atoms with Gasteiger partial charge in [0.15, 0.2) is 0 Å².